The van der Waals surface area contributed by atoms with Crippen molar-refractivity contribution in [1.29, 1.82) is 0 Å². The van der Waals surface area contributed by atoms with Crippen molar-refractivity contribution in [3.05, 3.63) is 59.5 Å². The minimum Gasteiger partial charge on any atom is -0.475 e. The third-order valence-electron chi connectivity index (χ3n) is 4.16. The quantitative estimate of drug-likeness (QED) is 0.936. The molecule has 1 aliphatic rings. The van der Waals surface area contributed by atoms with E-state index in [-0.39, 0.29) is 23.5 Å². The molecule has 1 aliphatic heterocycles. The van der Waals surface area contributed by atoms with E-state index in [1.54, 1.807) is 4.90 Å². The maximum absolute atomic E-state index is 12.8. The minimum atomic E-state index is -1.20. The molecule has 0 radical (unpaired) electrons. The Bertz CT molecular complexity index is 750. The molecule has 2 aromatic rings. The first-order chi connectivity index (χ1) is 11.4. The maximum Gasteiger partial charge on any atom is 0.371 e. The average molecular weight is 329 g/mol. The van der Waals surface area contributed by atoms with Crippen molar-refractivity contribution in [2.45, 2.75) is 25.5 Å². The fourth-order valence-electron chi connectivity index (χ4n) is 2.78. The summed E-state index contributed by atoms with van der Waals surface area (Å²) in [5.41, 5.74) is 0.481. The maximum atomic E-state index is 12.8. The highest BCUT2D eigenvalue weighted by atomic mass is 16.5. The van der Waals surface area contributed by atoms with Crippen LogP contribution in [0.2, 0.25) is 0 Å². The predicted molar refractivity (Wildman–Crippen MR) is 85.9 cm³/mol. The van der Waals surface area contributed by atoms with Crippen molar-refractivity contribution in [3.8, 4) is 0 Å². The number of carbonyl (C=O) groups excluding carboxylic acids is 1. The van der Waals surface area contributed by atoms with E-state index in [4.69, 9.17) is 14.3 Å². The molecule has 1 atom stereocenters. The second-order valence-corrected chi connectivity index (χ2v) is 6.41. The molecule has 24 heavy (non-hydrogen) atoms. The van der Waals surface area contributed by atoms with Gasteiger partial charge in [-0.3, -0.25) is 4.79 Å². The smallest absolute Gasteiger partial charge is 0.371 e. The largest absolute Gasteiger partial charge is 0.475 e. The van der Waals surface area contributed by atoms with Crippen molar-refractivity contribution >= 4 is 11.9 Å². The van der Waals surface area contributed by atoms with Gasteiger partial charge in [-0.05, 0) is 31.5 Å². The van der Waals surface area contributed by atoms with Crippen LogP contribution in [0.5, 0.6) is 0 Å². The molecule has 1 unspecified atom stereocenters. The summed E-state index contributed by atoms with van der Waals surface area (Å²) in [5.74, 6) is -1.76. The number of hydrogen-bond donors (Lipinski definition) is 1. The standard InChI is InChI=1S/C18H19NO5/c1-18(2)11-23-15(12-6-4-3-5-7-12)10-19(18)16(20)13-8-9-14(24-13)17(21)22/h3-9,15H,10-11H2,1-2H3,(H,21,22). The number of morpholine rings is 1. The fourth-order valence-corrected chi connectivity index (χ4v) is 2.78. The first-order valence-electron chi connectivity index (χ1n) is 7.70. The average Bonchev–Trinajstić information content (AvgIpc) is 3.05. The molecule has 0 bridgehead atoms. The Labute approximate surface area is 139 Å². The lowest BCUT2D eigenvalue weighted by molar-refractivity contribution is -0.0854. The third kappa shape index (κ3) is 3.05. The number of nitrogens with zero attached hydrogens (tertiary/aromatic N) is 1. The lowest BCUT2D eigenvalue weighted by atomic mass is 9.97. The van der Waals surface area contributed by atoms with Crippen LogP contribution in [0.1, 0.15) is 46.6 Å². The van der Waals surface area contributed by atoms with Gasteiger partial charge in [0.25, 0.3) is 5.91 Å². The number of rotatable bonds is 3. The first kappa shape index (κ1) is 16.3. The second-order valence-electron chi connectivity index (χ2n) is 6.41. The molecule has 1 aromatic carbocycles. The van der Waals surface area contributed by atoms with Crippen molar-refractivity contribution in [3.63, 3.8) is 0 Å². The van der Waals surface area contributed by atoms with E-state index in [0.717, 1.165) is 5.56 Å². The van der Waals surface area contributed by atoms with E-state index >= 15 is 0 Å². The number of carbonyl (C=O) groups is 2. The van der Waals surface area contributed by atoms with Crippen LogP contribution < -0.4 is 0 Å². The Morgan fingerprint density at radius 2 is 1.79 bits per heavy atom. The molecule has 0 saturated carbocycles. The van der Waals surface area contributed by atoms with Crippen LogP contribution in [0, 0.1) is 0 Å². The number of benzene rings is 1. The van der Waals surface area contributed by atoms with Gasteiger partial charge < -0.3 is 19.2 Å². The van der Waals surface area contributed by atoms with Gasteiger partial charge in [0.2, 0.25) is 5.76 Å². The molecule has 3 rings (SSSR count). The SMILES string of the molecule is CC1(C)COC(c2ccccc2)CN1C(=O)c1ccc(C(=O)O)o1. The van der Waals surface area contributed by atoms with E-state index in [9.17, 15) is 9.59 Å². The highest BCUT2D eigenvalue weighted by Gasteiger charge is 2.40. The zero-order chi connectivity index (χ0) is 17.3. The van der Waals surface area contributed by atoms with Gasteiger partial charge in [-0.1, -0.05) is 30.3 Å². The number of carboxylic acids is 1. The van der Waals surface area contributed by atoms with Crippen molar-refractivity contribution in [2.24, 2.45) is 0 Å². The third-order valence-corrected chi connectivity index (χ3v) is 4.16. The van der Waals surface area contributed by atoms with Crippen LogP contribution >= 0.6 is 0 Å². The van der Waals surface area contributed by atoms with E-state index in [1.165, 1.54) is 12.1 Å². The van der Waals surface area contributed by atoms with E-state index in [1.807, 2.05) is 44.2 Å². The van der Waals surface area contributed by atoms with Crippen LogP contribution in [0.4, 0.5) is 0 Å². The van der Waals surface area contributed by atoms with Crippen molar-refractivity contribution in [1.82, 2.24) is 4.90 Å². The van der Waals surface area contributed by atoms with Crippen LogP contribution in [0.3, 0.4) is 0 Å². The van der Waals surface area contributed by atoms with Crippen LogP contribution in [0.25, 0.3) is 0 Å². The van der Waals surface area contributed by atoms with E-state index in [0.29, 0.717) is 13.2 Å². The van der Waals surface area contributed by atoms with Crippen molar-refractivity contribution in [2.75, 3.05) is 13.2 Å². The van der Waals surface area contributed by atoms with E-state index < -0.39 is 11.5 Å². The molecule has 1 fully saturated rings. The number of hydrogen-bond acceptors (Lipinski definition) is 4. The summed E-state index contributed by atoms with van der Waals surface area (Å²) in [6.07, 6.45) is -0.225. The summed E-state index contributed by atoms with van der Waals surface area (Å²) in [7, 11) is 0. The molecule has 0 aliphatic carbocycles. The van der Waals surface area contributed by atoms with Gasteiger partial charge in [0, 0.05) is 0 Å². The van der Waals surface area contributed by atoms with Gasteiger partial charge in [-0.25, -0.2) is 4.79 Å². The number of aromatic carboxylic acids is 1. The van der Waals surface area contributed by atoms with Gasteiger partial charge in [0.05, 0.1) is 18.7 Å². The molecule has 1 N–H and O–H groups in total. The Balaban J connectivity index is 1.85. The van der Waals surface area contributed by atoms with Crippen molar-refractivity contribution < 1.29 is 23.8 Å². The monoisotopic (exact) mass is 329 g/mol. The van der Waals surface area contributed by atoms with Crippen LogP contribution in [0.15, 0.2) is 46.9 Å². The molecule has 1 aromatic heterocycles. The minimum absolute atomic E-state index is 0.0224. The fraction of sp³-hybridized carbons (Fsp3) is 0.333. The molecule has 6 heteroatoms. The molecular formula is C18H19NO5. The molecule has 126 valence electrons. The lowest BCUT2D eigenvalue weighted by Crippen LogP contribution is -2.56. The molecule has 0 spiro atoms. The first-order valence-corrected chi connectivity index (χ1v) is 7.70. The molecule has 1 amide bonds. The number of ether oxygens (including phenoxy) is 1. The lowest BCUT2D eigenvalue weighted by Gasteiger charge is -2.45. The molecule has 6 nitrogen and oxygen atoms in total. The molecular weight excluding hydrogens is 310 g/mol. The molecule has 2 heterocycles. The summed E-state index contributed by atoms with van der Waals surface area (Å²) in [6.45, 7) is 4.57. The van der Waals surface area contributed by atoms with Crippen LogP contribution in [-0.2, 0) is 4.74 Å². The van der Waals surface area contributed by atoms with Gasteiger partial charge in [0.1, 0.15) is 6.10 Å². The van der Waals surface area contributed by atoms with Gasteiger partial charge in [0.15, 0.2) is 5.76 Å². The van der Waals surface area contributed by atoms with Gasteiger partial charge in [-0.2, -0.15) is 0 Å². The summed E-state index contributed by atoms with van der Waals surface area (Å²) in [4.78, 5) is 25.4. The Morgan fingerprint density at radius 1 is 1.12 bits per heavy atom. The Kier molecular flexibility index (Phi) is 4.15. The zero-order valence-corrected chi connectivity index (χ0v) is 13.6. The zero-order valence-electron chi connectivity index (χ0n) is 13.6. The summed E-state index contributed by atoms with van der Waals surface area (Å²) in [5, 5.41) is 8.95. The predicted octanol–water partition coefficient (Wildman–Crippen LogP) is 2.97. The Hall–Kier alpha value is -2.60. The summed E-state index contributed by atoms with van der Waals surface area (Å²) >= 11 is 0. The highest BCUT2D eigenvalue weighted by Crippen LogP contribution is 2.31. The van der Waals surface area contributed by atoms with Crippen LogP contribution in [-0.4, -0.2) is 40.6 Å². The Morgan fingerprint density at radius 3 is 2.42 bits per heavy atom. The summed E-state index contributed by atoms with van der Waals surface area (Å²) in [6, 6.07) is 12.4. The topological polar surface area (TPSA) is 80.0 Å². The van der Waals surface area contributed by atoms with Gasteiger partial charge in [-0.15, -0.1) is 0 Å². The molecule has 1 saturated heterocycles. The highest BCUT2D eigenvalue weighted by molar-refractivity contribution is 5.94. The van der Waals surface area contributed by atoms with Gasteiger partial charge >= 0.3 is 5.97 Å². The number of furan rings is 1. The second kappa shape index (κ2) is 6.13. The van der Waals surface area contributed by atoms with E-state index in [2.05, 4.69) is 0 Å². The number of carboxylic acid groups (broad SMARTS) is 1. The number of amides is 1. The summed E-state index contributed by atoms with van der Waals surface area (Å²) < 4.78 is 11.1. The normalized spacial score (nSPS) is 19.9.